The van der Waals surface area contributed by atoms with Gasteiger partial charge in [-0.25, -0.2) is 0 Å². The molecule has 13 heavy (non-hydrogen) atoms. The first-order valence-electron chi connectivity index (χ1n) is 3.42. The summed E-state index contributed by atoms with van der Waals surface area (Å²) in [7, 11) is 0. The van der Waals surface area contributed by atoms with Gasteiger partial charge in [0.15, 0.2) is 5.78 Å². The fraction of sp³-hybridized carbons (Fsp3) is 0.286. The van der Waals surface area contributed by atoms with Gasteiger partial charge >= 0.3 is 0 Å². The Morgan fingerprint density at radius 1 is 1.69 bits per heavy atom. The number of allylic oxidation sites excluding steroid dienone is 1. The van der Waals surface area contributed by atoms with Gasteiger partial charge in [-0.2, -0.15) is 0 Å². The fourth-order valence-corrected chi connectivity index (χ4v) is 1.29. The highest BCUT2D eigenvalue weighted by Gasteiger charge is 2.24. The van der Waals surface area contributed by atoms with Crippen LogP contribution in [0.4, 0.5) is 0 Å². The number of nitrogens with zero attached hydrogens (tertiary/aromatic N) is 1. The van der Waals surface area contributed by atoms with E-state index in [1.165, 1.54) is 6.21 Å². The number of alkyl halides is 1. The average molecular weight is 221 g/mol. The van der Waals surface area contributed by atoms with Crippen molar-refractivity contribution in [2.75, 3.05) is 0 Å². The molecule has 0 aromatic rings. The second-order valence-electron chi connectivity index (χ2n) is 2.45. The topological polar surface area (TPSA) is 72.5 Å². The summed E-state index contributed by atoms with van der Waals surface area (Å²) in [5.41, 5.74) is 5.09. The lowest BCUT2D eigenvalue weighted by atomic mass is 10.1. The van der Waals surface area contributed by atoms with E-state index in [1.807, 2.05) is 0 Å². The van der Waals surface area contributed by atoms with Gasteiger partial charge in [0, 0.05) is 6.21 Å². The average Bonchev–Trinajstić information content (AvgIpc) is 2.06. The number of hydrogen-bond donors (Lipinski definition) is 1. The van der Waals surface area contributed by atoms with E-state index in [9.17, 15) is 9.59 Å². The first-order chi connectivity index (χ1) is 6.02. The van der Waals surface area contributed by atoms with Crippen LogP contribution in [0.5, 0.6) is 0 Å². The summed E-state index contributed by atoms with van der Waals surface area (Å²) >= 11 is 11.1. The molecule has 0 aromatic heterocycles. The zero-order valence-corrected chi connectivity index (χ0v) is 7.97. The van der Waals surface area contributed by atoms with E-state index in [1.54, 1.807) is 0 Å². The van der Waals surface area contributed by atoms with E-state index in [-0.39, 0.29) is 17.2 Å². The lowest BCUT2D eigenvalue weighted by Gasteiger charge is -2.10. The van der Waals surface area contributed by atoms with Crippen molar-refractivity contribution in [1.82, 2.24) is 0 Å². The third kappa shape index (κ3) is 2.29. The second kappa shape index (κ2) is 3.89. The molecule has 0 saturated carbocycles. The number of aliphatic imine (C=N–C) groups is 1. The van der Waals surface area contributed by atoms with Crippen molar-refractivity contribution in [2.45, 2.75) is 11.8 Å². The molecule has 4 nitrogen and oxygen atoms in total. The number of carbonyl (C=O) groups excluding carboxylic acids is 2. The lowest BCUT2D eigenvalue weighted by Crippen LogP contribution is -2.22. The number of rotatable bonds is 2. The lowest BCUT2D eigenvalue weighted by molar-refractivity contribution is -0.117. The molecule has 0 saturated heterocycles. The molecule has 0 fully saturated rings. The molecule has 0 aromatic carbocycles. The standard InChI is InChI=1S/C7H6Cl2N2O2/c8-3-2-11-4(1-5(10)12)6(9)7(3)13/h2-3H,1H2,(H2,10,12). The number of hydrogen-bond acceptors (Lipinski definition) is 3. The summed E-state index contributed by atoms with van der Waals surface area (Å²) in [6, 6.07) is 0. The highest BCUT2D eigenvalue weighted by molar-refractivity contribution is 6.53. The van der Waals surface area contributed by atoms with Crippen LogP contribution in [0.2, 0.25) is 0 Å². The molecule has 1 heterocycles. The van der Waals surface area contributed by atoms with Crippen LogP contribution in [0.25, 0.3) is 0 Å². The van der Waals surface area contributed by atoms with Crippen LogP contribution in [0.3, 0.4) is 0 Å². The summed E-state index contributed by atoms with van der Waals surface area (Å²) in [4.78, 5) is 25.4. The van der Waals surface area contributed by atoms with Gasteiger partial charge in [-0.1, -0.05) is 11.6 Å². The van der Waals surface area contributed by atoms with E-state index in [2.05, 4.69) is 4.99 Å². The molecule has 6 heteroatoms. The Hall–Kier alpha value is -0.870. The third-order valence-electron chi connectivity index (χ3n) is 1.42. The Bertz CT molecular complexity index is 322. The van der Waals surface area contributed by atoms with Crippen molar-refractivity contribution in [2.24, 2.45) is 10.7 Å². The number of amides is 1. The molecule has 0 aliphatic carbocycles. The minimum Gasteiger partial charge on any atom is -0.369 e. The van der Waals surface area contributed by atoms with E-state index in [0.29, 0.717) is 0 Å². The monoisotopic (exact) mass is 220 g/mol. The van der Waals surface area contributed by atoms with Gasteiger partial charge in [0.05, 0.1) is 12.1 Å². The predicted molar refractivity (Wildman–Crippen MR) is 49.8 cm³/mol. The molecule has 0 radical (unpaired) electrons. The molecule has 0 spiro atoms. The molecular weight excluding hydrogens is 215 g/mol. The number of primary amides is 1. The number of Topliss-reactive ketones (excluding diaryl/α,β-unsaturated/α-hetero) is 1. The van der Waals surface area contributed by atoms with Gasteiger partial charge in [-0.3, -0.25) is 14.6 Å². The molecule has 0 bridgehead atoms. The van der Waals surface area contributed by atoms with Crippen molar-refractivity contribution in [3.63, 3.8) is 0 Å². The van der Waals surface area contributed by atoms with Crippen molar-refractivity contribution in [3.05, 3.63) is 10.7 Å². The normalized spacial score (nSPS) is 22.3. The van der Waals surface area contributed by atoms with Crippen LogP contribution in [0.1, 0.15) is 6.42 Å². The van der Waals surface area contributed by atoms with Gasteiger partial charge in [0.25, 0.3) is 0 Å². The molecule has 1 rings (SSSR count). The first kappa shape index (κ1) is 10.2. The van der Waals surface area contributed by atoms with Crippen molar-refractivity contribution in [3.8, 4) is 0 Å². The Kier molecular flexibility index (Phi) is 3.06. The molecule has 1 atom stereocenters. The summed E-state index contributed by atoms with van der Waals surface area (Å²) in [6.45, 7) is 0. The van der Waals surface area contributed by atoms with Crippen LogP contribution >= 0.6 is 23.2 Å². The summed E-state index contributed by atoms with van der Waals surface area (Å²) < 4.78 is 0. The van der Waals surface area contributed by atoms with Gasteiger partial charge in [-0.05, 0) is 0 Å². The molecule has 70 valence electrons. The Morgan fingerprint density at radius 3 is 2.85 bits per heavy atom. The van der Waals surface area contributed by atoms with Crippen molar-refractivity contribution in [1.29, 1.82) is 0 Å². The minimum atomic E-state index is -0.843. The van der Waals surface area contributed by atoms with E-state index in [4.69, 9.17) is 28.9 Å². The predicted octanol–water partition coefficient (Wildman–Crippen LogP) is 0.573. The number of carbonyl (C=O) groups is 2. The maximum absolute atomic E-state index is 11.2. The van der Waals surface area contributed by atoms with Crippen molar-refractivity contribution < 1.29 is 9.59 Å². The molecule has 1 amide bonds. The largest absolute Gasteiger partial charge is 0.369 e. The highest BCUT2D eigenvalue weighted by atomic mass is 35.5. The smallest absolute Gasteiger partial charge is 0.223 e. The highest BCUT2D eigenvalue weighted by Crippen LogP contribution is 2.22. The Labute approximate surface area is 84.4 Å². The fourth-order valence-electron chi connectivity index (χ4n) is 0.831. The van der Waals surface area contributed by atoms with Crippen LogP contribution < -0.4 is 5.73 Å². The maximum Gasteiger partial charge on any atom is 0.223 e. The van der Waals surface area contributed by atoms with Crippen molar-refractivity contribution >= 4 is 41.1 Å². The quantitative estimate of drug-likeness (QED) is 0.692. The van der Waals surface area contributed by atoms with Crippen LogP contribution in [0.15, 0.2) is 15.7 Å². The molecular formula is C7H6Cl2N2O2. The van der Waals surface area contributed by atoms with E-state index >= 15 is 0 Å². The van der Waals surface area contributed by atoms with Crippen LogP contribution in [0, 0.1) is 0 Å². The van der Waals surface area contributed by atoms with Crippen LogP contribution in [-0.2, 0) is 9.59 Å². The van der Waals surface area contributed by atoms with Crippen LogP contribution in [-0.4, -0.2) is 23.3 Å². The second-order valence-corrected chi connectivity index (χ2v) is 3.30. The minimum absolute atomic E-state index is 0.110. The summed E-state index contributed by atoms with van der Waals surface area (Å²) in [6.07, 6.45) is 1.08. The van der Waals surface area contributed by atoms with Gasteiger partial charge in [0.1, 0.15) is 10.4 Å². The summed E-state index contributed by atoms with van der Waals surface area (Å²) in [5, 5.41) is -0.953. The maximum atomic E-state index is 11.2. The number of halogens is 2. The van der Waals surface area contributed by atoms with Gasteiger partial charge < -0.3 is 5.73 Å². The third-order valence-corrected chi connectivity index (χ3v) is 2.14. The number of nitrogens with two attached hydrogens (primary N) is 1. The van der Waals surface area contributed by atoms with Gasteiger partial charge in [0.2, 0.25) is 5.91 Å². The summed E-state index contributed by atoms with van der Waals surface area (Å²) in [5.74, 6) is -1.04. The molecule has 2 N–H and O–H groups in total. The Morgan fingerprint density at radius 2 is 2.31 bits per heavy atom. The SMILES string of the molecule is NC(=O)CC1=C(Cl)C(=O)C(Cl)C=N1. The first-order valence-corrected chi connectivity index (χ1v) is 4.23. The molecule has 1 aliphatic rings. The number of ketones is 1. The Balaban J connectivity index is 2.91. The van der Waals surface area contributed by atoms with Gasteiger partial charge in [-0.15, -0.1) is 11.6 Å². The molecule has 1 aliphatic heterocycles. The zero-order chi connectivity index (χ0) is 10.0. The van der Waals surface area contributed by atoms with E-state index in [0.717, 1.165) is 0 Å². The van der Waals surface area contributed by atoms with E-state index < -0.39 is 17.1 Å². The molecule has 1 unspecified atom stereocenters. The zero-order valence-electron chi connectivity index (χ0n) is 6.46.